The molecule has 0 bridgehead atoms. The fourth-order valence-electron chi connectivity index (χ4n) is 3.35. The van der Waals surface area contributed by atoms with Crippen molar-refractivity contribution >= 4 is 17.8 Å². The van der Waals surface area contributed by atoms with Crippen molar-refractivity contribution in [2.75, 3.05) is 20.1 Å². The van der Waals surface area contributed by atoms with Crippen LogP contribution in [0.15, 0.2) is 53.1 Å². The number of likely N-dealkylation sites (tertiary alicyclic amines) is 1. The van der Waals surface area contributed by atoms with E-state index in [-0.39, 0.29) is 30.0 Å². The second-order valence-corrected chi connectivity index (χ2v) is 6.82. The van der Waals surface area contributed by atoms with Crippen LogP contribution in [0.3, 0.4) is 0 Å². The summed E-state index contributed by atoms with van der Waals surface area (Å²) in [7, 11) is 1.76. The van der Waals surface area contributed by atoms with Crippen LogP contribution in [0.2, 0.25) is 0 Å². The lowest BCUT2D eigenvalue weighted by Gasteiger charge is -2.35. The van der Waals surface area contributed by atoms with Crippen molar-refractivity contribution in [3.05, 3.63) is 48.1 Å². The van der Waals surface area contributed by atoms with Gasteiger partial charge in [0, 0.05) is 31.8 Å². The van der Waals surface area contributed by atoms with E-state index in [1.165, 1.54) is 6.08 Å². The Bertz CT molecular complexity index is 684. The van der Waals surface area contributed by atoms with E-state index in [1.54, 1.807) is 31.6 Å². The second-order valence-electron chi connectivity index (χ2n) is 6.82. The molecule has 0 amide bonds. The summed E-state index contributed by atoms with van der Waals surface area (Å²) in [6.45, 7) is 3.39. The zero-order valence-electron chi connectivity index (χ0n) is 16.0. The highest BCUT2D eigenvalue weighted by Crippen LogP contribution is 2.25. The number of hydrogen-bond acceptors (Lipinski definition) is 5. The third-order valence-corrected chi connectivity index (χ3v) is 5.07. The molecule has 1 aliphatic carbocycles. The van der Waals surface area contributed by atoms with Gasteiger partial charge in [0.1, 0.15) is 11.6 Å². The molecule has 1 heterocycles. The Morgan fingerprint density at radius 3 is 2.74 bits per heavy atom. The topological polar surface area (TPSA) is 61.8 Å². The number of halogens is 1. The molecule has 0 saturated carbocycles. The summed E-state index contributed by atoms with van der Waals surface area (Å²) in [6.07, 6.45) is 13.1. The molecular formula is C21H28FN3O2. The average molecular weight is 373 g/mol. The largest absolute Gasteiger partial charge is 0.393 e. The van der Waals surface area contributed by atoms with Gasteiger partial charge in [-0.05, 0) is 50.9 Å². The lowest BCUT2D eigenvalue weighted by Crippen LogP contribution is -2.45. The highest BCUT2D eigenvalue weighted by Gasteiger charge is 2.29. The standard InChI is InChI=1S/C21H28FN3O2/c1-16(20(15-26)24-11-10-23-2)25-12-8-17(9-13-25)21(27)14-18-6-4-3-5-7-19(18)22/h4-7,10-11,15-17,23H,3,8-9,12-14H2,1-2H3/b11-10-,24-20?. The third-order valence-electron chi connectivity index (χ3n) is 5.07. The molecule has 146 valence electrons. The first-order chi connectivity index (χ1) is 13.1. The minimum absolute atomic E-state index is 0.0600. The van der Waals surface area contributed by atoms with Gasteiger partial charge in [-0.15, -0.1) is 0 Å². The van der Waals surface area contributed by atoms with E-state index in [0.717, 1.165) is 32.2 Å². The summed E-state index contributed by atoms with van der Waals surface area (Å²) >= 11 is 0. The number of hydrogen-bond donors (Lipinski definition) is 1. The molecule has 1 unspecified atom stereocenters. The molecule has 0 spiro atoms. The van der Waals surface area contributed by atoms with Crippen molar-refractivity contribution in [3.8, 4) is 0 Å². The number of carbonyl (C=O) groups is 2. The first-order valence-electron chi connectivity index (χ1n) is 9.40. The zero-order valence-corrected chi connectivity index (χ0v) is 16.0. The molecule has 0 aromatic carbocycles. The minimum Gasteiger partial charge on any atom is -0.393 e. The van der Waals surface area contributed by atoms with Gasteiger partial charge in [-0.3, -0.25) is 19.5 Å². The summed E-state index contributed by atoms with van der Waals surface area (Å²) in [4.78, 5) is 30.3. The lowest BCUT2D eigenvalue weighted by molar-refractivity contribution is -0.123. The summed E-state index contributed by atoms with van der Waals surface area (Å²) in [5.74, 6) is -0.284. The van der Waals surface area contributed by atoms with E-state index in [2.05, 4.69) is 15.2 Å². The Kier molecular flexibility index (Phi) is 8.33. The normalized spacial score (nSPS) is 20.8. The summed E-state index contributed by atoms with van der Waals surface area (Å²) in [5.41, 5.74) is 0.935. The van der Waals surface area contributed by atoms with Crippen molar-refractivity contribution in [2.45, 2.75) is 38.6 Å². The number of nitrogens with zero attached hydrogens (tertiary/aromatic N) is 2. The Morgan fingerprint density at radius 2 is 2.07 bits per heavy atom. The van der Waals surface area contributed by atoms with E-state index in [1.807, 2.05) is 13.0 Å². The predicted molar refractivity (Wildman–Crippen MR) is 106 cm³/mol. The highest BCUT2D eigenvalue weighted by molar-refractivity contribution is 6.30. The molecule has 1 aliphatic heterocycles. The Labute approximate surface area is 160 Å². The van der Waals surface area contributed by atoms with Crippen LogP contribution in [-0.4, -0.2) is 48.9 Å². The summed E-state index contributed by atoms with van der Waals surface area (Å²) in [5, 5.41) is 2.83. The van der Waals surface area contributed by atoms with Crippen LogP contribution >= 0.6 is 0 Å². The van der Waals surface area contributed by atoms with Gasteiger partial charge in [-0.1, -0.05) is 18.2 Å². The molecule has 27 heavy (non-hydrogen) atoms. The van der Waals surface area contributed by atoms with Crippen molar-refractivity contribution in [1.29, 1.82) is 0 Å². The number of Topliss-reactive ketones (excluding diaryl/α,β-unsaturated/α-hetero) is 1. The SMILES string of the molecule is CN/C=C\N=C(C=O)C(C)N1CCC(C(=O)CC2=C(F)C=CCC=C2)CC1. The van der Waals surface area contributed by atoms with Crippen LogP contribution in [0.25, 0.3) is 0 Å². The van der Waals surface area contributed by atoms with E-state index in [9.17, 15) is 14.0 Å². The fraction of sp³-hybridized carbons (Fsp3) is 0.476. The van der Waals surface area contributed by atoms with Crippen LogP contribution < -0.4 is 5.32 Å². The molecule has 1 fully saturated rings. The van der Waals surface area contributed by atoms with Crippen LogP contribution in [0.4, 0.5) is 4.39 Å². The molecular weight excluding hydrogens is 345 g/mol. The summed E-state index contributed by atoms with van der Waals surface area (Å²) < 4.78 is 14.0. The predicted octanol–water partition coefficient (Wildman–Crippen LogP) is 3.12. The number of carbonyl (C=O) groups excluding carboxylic acids is 2. The van der Waals surface area contributed by atoms with Gasteiger partial charge in [-0.2, -0.15) is 0 Å². The molecule has 1 saturated heterocycles. The van der Waals surface area contributed by atoms with Gasteiger partial charge in [-0.25, -0.2) is 4.39 Å². The van der Waals surface area contributed by atoms with Crippen molar-refractivity contribution in [2.24, 2.45) is 10.9 Å². The first kappa shape index (κ1) is 21.0. The second kappa shape index (κ2) is 10.7. The molecule has 0 aromatic rings. The Hall–Kier alpha value is -2.34. The maximum Gasteiger partial charge on any atom is 0.165 e. The quantitative estimate of drug-likeness (QED) is 0.525. The molecule has 6 heteroatoms. The maximum atomic E-state index is 14.0. The fourth-order valence-corrected chi connectivity index (χ4v) is 3.35. The van der Waals surface area contributed by atoms with Gasteiger partial charge in [0.25, 0.3) is 0 Å². The molecule has 0 radical (unpaired) electrons. The highest BCUT2D eigenvalue weighted by atomic mass is 19.1. The van der Waals surface area contributed by atoms with Crippen molar-refractivity contribution in [1.82, 2.24) is 10.2 Å². The van der Waals surface area contributed by atoms with Crippen LogP contribution in [0, 0.1) is 5.92 Å². The van der Waals surface area contributed by atoms with Gasteiger partial charge in [0.05, 0.1) is 11.8 Å². The van der Waals surface area contributed by atoms with Gasteiger partial charge in [0.15, 0.2) is 6.29 Å². The van der Waals surface area contributed by atoms with E-state index in [4.69, 9.17) is 0 Å². The molecule has 1 atom stereocenters. The molecule has 0 aromatic heterocycles. The number of aldehydes is 1. The molecule has 2 rings (SSSR count). The van der Waals surface area contributed by atoms with E-state index in [0.29, 0.717) is 17.7 Å². The van der Waals surface area contributed by atoms with Crippen LogP contribution in [0.5, 0.6) is 0 Å². The van der Waals surface area contributed by atoms with Gasteiger partial charge >= 0.3 is 0 Å². The van der Waals surface area contributed by atoms with Crippen molar-refractivity contribution in [3.63, 3.8) is 0 Å². The van der Waals surface area contributed by atoms with Gasteiger partial charge in [0.2, 0.25) is 0 Å². The Morgan fingerprint density at radius 1 is 1.37 bits per heavy atom. The smallest absolute Gasteiger partial charge is 0.165 e. The zero-order chi connectivity index (χ0) is 19.6. The molecule has 1 N–H and O–H groups in total. The number of nitrogens with one attached hydrogen (secondary N) is 1. The number of piperidine rings is 1. The Balaban J connectivity index is 1.91. The summed E-state index contributed by atoms with van der Waals surface area (Å²) in [6, 6.07) is -0.102. The monoisotopic (exact) mass is 373 g/mol. The van der Waals surface area contributed by atoms with E-state index < -0.39 is 0 Å². The number of ketones is 1. The van der Waals surface area contributed by atoms with Gasteiger partial charge < -0.3 is 5.32 Å². The molecule has 2 aliphatic rings. The molecule has 5 nitrogen and oxygen atoms in total. The lowest BCUT2D eigenvalue weighted by atomic mass is 9.88. The maximum absolute atomic E-state index is 14.0. The third kappa shape index (κ3) is 6.10. The van der Waals surface area contributed by atoms with Crippen LogP contribution in [-0.2, 0) is 9.59 Å². The average Bonchev–Trinajstić information content (AvgIpc) is 2.89. The number of rotatable bonds is 8. The number of allylic oxidation sites excluding steroid dienone is 6. The minimum atomic E-state index is -0.315. The first-order valence-corrected chi connectivity index (χ1v) is 9.40. The number of aliphatic imine (C=N–C) groups is 1. The van der Waals surface area contributed by atoms with Crippen LogP contribution in [0.1, 0.15) is 32.6 Å². The van der Waals surface area contributed by atoms with Crippen molar-refractivity contribution < 1.29 is 14.0 Å². The van der Waals surface area contributed by atoms with E-state index >= 15 is 0 Å².